The van der Waals surface area contributed by atoms with Gasteiger partial charge in [0, 0.05) is 57.9 Å². The topological polar surface area (TPSA) is 91.3 Å². The van der Waals surface area contributed by atoms with Crippen molar-refractivity contribution < 1.29 is 9.53 Å². The minimum absolute atomic E-state index is 0.0198. The maximum atomic E-state index is 12.2. The molecule has 2 saturated heterocycles. The van der Waals surface area contributed by atoms with E-state index in [9.17, 15) is 4.79 Å². The average Bonchev–Trinajstić information content (AvgIpc) is 3.29. The predicted molar refractivity (Wildman–Crippen MR) is 100 cm³/mol. The van der Waals surface area contributed by atoms with E-state index in [1.54, 1.807) is 16.9 Å². The molecule has 0 aromatic carbocycles. The molecule has 2 fully saturated rings. The molecule has 1 amide bonds. The summed E-state index contributed by atoms with van der Waals surface area (Å²) in [6, 6.07) is 1.80. The Hall–Kier alpha value is -2.23. The third kappa shape index (κ3) is 4.55. The smallest absolute Gasteiger partial charge is 0.239 e. The summed E-state index contributed by atoms with van der Waals surface area (Å²) < 4.78 is 7.87. The number of carbonyl (C=O) groups is 1. The molecule has 1 spiro atoms. The zero-order valence-corrected chi connectivity index (χ0v) is 15.7. The highest BCUT2D eigenvalue weighted by atomic mass is 16.5. The number of ether oxygens (including phenoxy) is 1. The lowest BCUT2D eigenvalue weighted by molar-refractivity contribution is -0.140. The van der Waals surface area contributed by atoms with Crippen molar-refractivity contribution in [2.24, 2.45) is 7.05 Å². The molecule has 0 radical (unpaired) electrons. The molecule has 4 rings (SSSR count). The van der Waals surface area contributed by atoms with Crippen LogP contribution in [0.1, 0.15) is 18.7 Å². The first-order valence-electron chi connectivity index (χ1n) is 9.47. The normalized spacial score (nSPS) is 20.8. The minimum atomic E-state index is -0.0984. The van der Waals surface area contributed by atoms with Gasteiger partial charge in [-0.05, 0) is 12.8 Å². The molecule has 0 aliphatic carbocycles. The summed E-state index contributed by atoms with van der Waals surface area (Å²) in [6.45, 7) is 5.55. The van der Waals surface area contributed by atoms with Gasteiger partial charge in [0.05, 0.1) is 25.3 Å². The van der Waals surface area contributed by atoms with Crippen LogP contribution in [0.2, 0.25) is 0 Å². The van der Waals surface area contributed by atoms with E-state index in [0.717, 1.165) is 58.0 Å². The monoisotopic (exact) mass is 373 g/mol. The maximum absolute atomic E-state index is 12.2. The fourth-order valence-corrected chi connectivity index (χ4v) is 3.94. The predicted octanol–water partition coefficient (Wildman–Crippen LogP) is 0.449. The van der Waals surface area contributed by atoms with Gasteiger partial charge in [-0.1, -0.05) is 0 Å². The van der Waals surface area contributed by atoms with Crippen LogP contribution >= 0.6 is 0 Å². The zero-order valence-electron chi connectivity index (χ0n) is 15.7. The number of imidazole rings is 1. The fourth-order valence-electron chi connectivity index (χ4n) is 3.94. The number of nitrogens with zero attached hydrogens (tertiary/aromatic N) is 5. The van der Waals surface area contributed by atoms with Gasteiger partial charge in [-0.25, -0.2) is 4.98 Å². The molecule has 9 heteroatoms. The molecular weight excluding hydrogens is 346 g/mol. The number of likely N-dealkylation sites (tertiary alicyclic amines) is 1. The standard InChI is InChI=1S/C18H27N7O2/c1-23-7-2-15(22-23)21-17(26)13-24-8-3-18(4-9-24)14-25(10-11-27-18)12-16-19-5-6-20-16/h2,5-7H,3-4,8-14H2,1H3,(H,19,20)(H,21,22,26). The third-order valence-corrected chi connectivity index (χ3v) is 5.37. The van der Waals surface area contributed by atoms with Crippen LogP contribution in [0.5, 0.6) is 0 Å². The molecule has 2 N–H and O–H groups in total. The molecule has 146 valence electrons. The Bertz CT molecular complexity index is 750. The van der Waals surface area contributed by atoms with E-state index in [4.69, 9.17) is 4.74 Å². The van der Waals surface area contributed by atoms with Crippen molar-refractivity contribution in [1.82, 2.24) is 29.5 Å². The molecule has 2 aliphatic rings. The summed E-state index contributed by atoms with van der Waals surface area (Å²) in [5.41, 5.74) is -0.0984. The van der Waals surface area contributed by atoms with Crippen LogP contribution in [0.4, 0.5) is 5.82 Å². The molecule has 27 heavy (non-hydrogen) atoms. The van der Waals surface area contributed by atoms with Crippen molar-refractivity contribution >= 4 is 11.7 Å². The molecule has 0 saturated carbocycles. The van der Waals surface area contributed by atoms with Crippen LogP contribution in [0, 0.1) is 0 Å². The highest BCUT2D eigenvalue weighted by Gasteiger charge is 2.40. The first-order valence-corrected chi connectivity index (χ1v) is 9.47. The van der Waals surface area contributed by atoms with Crippen LogP contribution in [-0.4, -0.2) is 80.4 Å². The highest BCUT2D eigenvalue weighted by Crippen LogP contribution is 2.30. The molecule has 2 aliphatic heterocycles. The second-order valence-corrected chi connectivity index (χ2v) is 7.48. The van der Waals surface area contributed by atoms with Crippen molar-refractivity contribution in [2.75, 3.05) is 44.6 Å². The average molecular weight is 373 g/mol. The Kier molecular flexibility index (Phi) is 5.24. The van der Waals surface area contributed by atoms with Crippen LogP contribution in [0.25, 0.3) is 0 Å². The molecule has 4 heterocycles. The number of carbonyl (C=O) groups excluding carboxylic acids is 1. The van der Waals surface area contributed by atoms with Crippen molar-refractivity contribution in [1.29, 1.82) is 0 Å². The lowest BCUT2D eigenvalue weighted by Gasteiger charge is -2.47. The van der Waals surface area contributed by atoms with E-state index in [1.807, 2.05) is 19.4 Å². The van der Waals surface area contributed by atoms with Crippen molar-refractivity contribution in [3.05, 3.63) is 30.5 Å². The maximum Gasteiger partial charge on any atom is 0.239 e. The number of anilines is 1. The number of piperidine rings is 1. The summed E-state index contributed by atoms with van der Waals surface area (Å²) in [6.07, 6.45) is 7.35. The van der Waals surface area contributed by atoms with Gasteiger partial charge >= 0.3 is 0 Å². The lowest BCUT2D eigenvalue weighted by atomic mass is 9.89. The molecule has 0 atom stereocenters. The second-order valence-electron chi connectivity index (χ2n) is 7.48. The number of morpholine rings is 1. The highest BCUT2D eigenvalue weighted by molar-refractivity contribution is 5.91. The Labute approximate surface area is 158 Å². The summed E-state index contributed by atoms with van der Waals surface area (Å²) in [4.78, 5) is 24.3. The number of rotatable bonds is 5. The number of hydrogen-bond donors (Lipinski definition) is 2. The summed E-state index contributed by atoms with van der Waals surface area (Å²) in [5, 5.41) is 7.03. The molecule has 2 aromatic heterocycles. The molecule has 2 aromatic rings. The van der Waals surface area contributed by atoms with Crippen molar-refractivity contribution in [2.45, 2.75) is 25.0 Å². The number of aryl methyl sites for hydroxylation is 1. The summed E-state index contributed by atoms with van der Waals surface area (Å²) in [7, 11) is 1.83. The summed E-state index contributed by atoms with van der Waals surface area (Å²) >= 11 is 0. The molecule has 0 unspecified atom stereocenters. The van der Waals surface area contributed by atoms with Gasteiger partial charge in [-0.15, -0.1) is 0 Å². The van der Waals surface area contributed by atoms with Gasteiger partial charge < -0.3 is 15.0 Å². The van der Waals surface area contributed by atoms with Crippen LogP contribution in [-0.2, 0) is 23.1 Å². The summed E-state index contributed by atoms with van der Waals surface area (Å²) in [5.74, 6) is 1.57. The van der Waals surface area contributed by atoms with Gasteiger partial charge in [0.1, 0.15) is 5.82 Å². The number of aromatic nitrogens is 4. The molecule has 0 bridgehead atoms. The number of hydrogen-bond acceptors (Lipinski definition) is 6. The van der Waals surface area contributed by atoms with Crippen LogP contribution in [0.3, 0.4) is 0 Å². The quantitative estimate of drug-likeness (QED) is 0.791. The van der Waals surface area contributed by atoms with Crippen LogP contribution < -0.4 is 5.32 Å². The number of aromatic amines is 1. The van der Waals surface area contributed by atoms with E-state index in [1.165, 1.54) is 0 Å². The number of amides is 1. The van der Waals surface area contributed by atoms with Crippen LogP contribution in [0.15, 0.2) is 24.7 Å². The lowest BCUT2D eigenvalue weighted by Crippen LogP contribution is -2.57. The van der Waals surface area contributed by atoms with E-state index >= 15 is 0 Å². The number of H-pyrrole nitrogens is 1. The van der Waals surface area contributed by atoms with E-state index in [2.05, 4.69) is 30.2 Å². The second kappa shape index (κ2) is 7.79. The Morgan fingerprint density at radius 3 is 2.89 bits per heavy atom. The molecule has 9 nitrogen and oxygen atoms in total. The Morgan fingerprint density at radius 2 is 2.19 bits per heavy atom. The zero-order chi connectivity index (χ0) is 18.7. The van der Waals surface area contributed by atoms with Gasteiger partial charge in [-0.2, -0.15) is 5.10 Å². The van der Waals surface area contributed by atoms with Gasteiger partial charge in [0.25, 0.3) is 0 Å². The van der Waals surface area contributed by atoms with Crippen molar-refractivity contribution in [3.8, 4) is 0 Å². The van der Waals surface area contributed by atoms with E-state index in [0.29, 0.717) is 12.4 Å². The SMILES string of the molecule is Cn1ccc(NC(=O)CN2CCC3(CC2)CN(Cc2ncc[nH]2)CCO3)n1. The Morgan fingerprint density at radius 1 is 1.33 bits per heavy atom. The Balaban J connectivity index is 1.25. The first kappa shape index (κ1) is 18.1. The fraction of sp³-hybridized carbons (Fsp3) is 0.611. The molecular formula is C18H27N7O2. The van der Waals surface area contributed by atoms with E-state index < -0.39 is 0 Å². The first-order chi connectivity index (χ1) is 13.1. The number of nitrogens with one attached hydrogen (secondary N) is 2. The van der Waals surface area contributed by atoms with Crippen molar-refractivity contribution in [3.63, 3.8) is 0 Å². The third-order valence-electron chi connectivity index (χ3n) is 5.37. The van der Waals surface area contributed by atoms with Gasteiger partial charge in [0.15, 0.2) is 5.82 Å². The van der Waals surface area contributed by atoms with Gasteiger partial charge in [0.2, 0.25) is 5.91 Å². The van der Waals surface area contributed by atoms with Gasteiger partial charge in [-0.3, -0.25) is 19.3 Å². The minimum Gasteiger partial charge on any atom is -0.372 e. The largest absolute Gasteiger partial charge is 0.372 e. The van der Waals surface area contributed by atoms with E-state index in [-0.39, 0.29) is 11.5 Å².